The van der Waals surface area contributed by atoms with Crippen molar-refractivity contribution < 1.29 is 4.79 Å². The van der Waals surface area contributed by atoms with Gasteiger partial charge in [-0.05, 0) is 60.8 Å². The van der Waals surface area contributed by atoms with Crippen LogP contribution in [0.5, 0.6) is 0 Å². The summed E-state index contributed by atoms with van der Waals surface area (Å²) in [7, 11) is 0. The van der Waals surface area contributed by atoms with E-state index in [1.54, 1.807) is 13.0 Å². The fraction of sp³-hybridized carbons (Fsp3) is 0.0870. The molecule has 30 heavy (non-hydrogen) atoms. The maximum absolute atomic E-state index is 12.7. The summed E-state index contributed by atoms with van der Waals surface area (Å²) in [6, 6.07) is 23.4. The molecule has 6 nitrogen and oxygen atoms in total. The van der Waals surface area contributed by atoms with E-state index < -0.39 is 6.04 Å². The summed E-state index contributed by atoms with van der Waals surface area (Å²) >= 11 is 1.53. The average molecular weight is 417 g/mol. The number of para-hydroxylation sites is 1. The van der Waals surface area contributed by atoms with E-state index in [-0.39, 0.29) is 11.5 Å². The highest BCUT2D eigenvalue weighted by Gasteiger charge is 2.18. The minimum atomic E-state index is -0.750. The second-order valence-electron chi connectivity index (χ2n) is 6.71. The third-order valence-corrected chi connectivity index (χ3v) is 5.45. The molecule has 0 saturated heterocycles. The van der Waals surface area contributed by atoms with Crippen LogP contribution >= 0.6 is 11.3 Å². The van der Waals surface area contributed by atoms with Gasteiger partial charge in [0.15, 0.2) is 0 Å². The van der Waals surface area contributed by atoms with Gasteiger partial charge >= 0.3 is 0 Å². The lowest BCUT2D eigenvalue weighted by molar-refractivity contribution is -0.119. The van der Waals surface area contributed by atoms with Gasteiger partial charge in [0.2, 0.25) is 5.91 Å². The van der Waals surface area contributed by atoms with Crippen LogP contribution in [0.3, 0.4) is 0 Å². The summed E-state index contributed by atoms with van der Waals surface area (Å²) in [5, 5.41) is 12.5. The van der Waals surface area contributed by atoms with E-state index in [4.69, 9.17) is 0 Å². The predicted molar refractivity (Wildman–Crippen MR) is 121 cm³/mol. The van der Waals surface area contributed by atoms with Crippen LogP contribution in [-0.4, -0.2) is 15.7 Å². The molecule has 0 saturated carbocycles. The van der Waals surface area contributed by atoms with E-state index in [9.17, 15) is 9.59 Å². The number of carbonyl (C=O) groups excluding carboxylic acids is 1. The Balaban J connectivity index is 1.46. The zero-order valence-corrected chi connectivity index (χ0v) is 17.1. The first-order valence-electron chi connectivity index (χ1n) is 9.47. The zero-order chi connectivity index (χ0) is 20.9. The van der Waals surface area contributed by atoms with Crippen LogP contribution in [0.25, 0.3) is 10.6 Å². The molecule has 7 heteroatoms. The first-order chi connectivity index (χ1) is 14.6. The maximum Gasteiger partial charge on any atom is 0.267 e. The van der Waals surface area contributed by atoms with E-state index in [0.29, 0.717) is 11.4 Å². The SMILES string of the molecule is CC(C(=O)Nc1ccc(Nc2ccccc2)cc1)n1nc(-c2cccs2)ccc1=O. The van der Waals surface area contributed by atoms with Crippen molar-refractivity contribution in [2.75, 3.05) is 10.6 Å². The van der Waals surface area contributed by atoms with Gasteiger partial charge in [0, 0.05) is 23.1 Å². The second kappa shape index (κ2) is 8.75. The molecule has 2 N–H and O–H groups in total. The van der Waals surface area contributed by atoms with Crippen LogP contribution in [0.2, 0.25) is 0 Å². The smallest absolute Gasteiger partial charge is 0.267 e. The van der Waals surface area contributed by atoms with Crippen LogP contribution in [0.1, 0.15) is 13.0 Å². The number of carbonyl (C=O) groups is 1. The standard InChI is InChI=1S/C23H20N4O2S/c1-16(27-22(28)14-13-20(26-27)21-8-5-15-30-21)23(29)25-19-11-9-18(10-12-19)24-17-6-3-2-4-7-17/h2-16,24H,1H3,(H,25,29). The normalized spacial score (nSPS) is 11.6. The molecule has 4 rings (SSSR count). The summed E-state index contributed by atoms with van der Waals surface area (Å²) in [4.78, 5) is 25.9. The Labute approximate surface area is 177 Å². The van der Waals surface area contributed by atoms with Crippen molar-refractivity contribution >= 4 is 34.3 Å². The molecule has 2 aromatic carbocycles. The summed E-state index contributed by atoms with van der Waals surface area (Å²) in [5.41, 5.74) is 2.89. The number of rotatable bonds is 6. The van der Waals surface area contributed by atoms with Crippen molar-refractivity contribution in [2.24, 2.45) is 0 Å². The molecule has 1 atom stereocenters. The Morgan fingerprint density at radius 2 is 1.60 bits per heavy atom. The molecule has 1 amide bonds. The van der Waals surface area contributed by atoms with Crippen LogP contribution in [0.4, 0.5) is 17.1 Å². The number of aromatic nitrogens is 2. The van der Waals surface area contributed by atoms with Crippen molar-refractivity contribution in [3.05, 3.63) is 94.6 Å². The third kappa shape index (κ3) is 4.47. The molecule has 0 bridgehead atoms. The number of thiophene rings is 1. The number of nitrogens with one attached hydrogen (secondary N) is 2. The minimum absolute atomic E-state index is 0.309. The molecular formula is C23H20N4O2S. The molecule has 0 radical (unpaired) electrons. The van der Waals surface area contributed by atoms with Crippen molar-refractivity contribution in [3.63, 3.8) is 0 Å². The van der Waals surface area contributed by atoms with Crippen LogP contribution in [0.15, 0.2) is 89.0 Å². The molecule has 0 aliphatic rings. The summed E-state index contributed by atoms with van der Waals surface area (Å²) in [6.07, 6.45) is 0. The summed E-state index contributed by atoms with van der Waals surface area (Å²) in [6.45, 7) is 1.66. The van der Waals surface area contributed by atoms with Crippen LogP contribution < -0.4 is 16.2 Å². The van der Waals surface area contributed by atoms with Gasteiger partial charge in [-0.3, -0.25) is 9.59 Å². The molecular weight excluding hydrogens is 396 g/mol. The van der Waals surface area contributed by atoms with Crippen molar-refractivity contribution in [1.29, 1.82) is 0 Å². The van der Waals surface area contributed by atoms with Gasteiger partial charge in [0.05, 0.1) is 4.88 Å². The van der Waals surface area contributed by atoms with E-state index in [1.165, 1.54) is 22.1 Å². The Morgan fingerprint density at radius 3 is 2.30 bits per heavy atom. The Kier molecular flexibility index (Phi) is 5.72. The van der Waals surface area contributed by atoms with Crippen molar-refractivity contribution in [3.8, 4) is 10.6 Å². The van der Waals surface area contributed by atoms with Crippen LogP contribution in [-0.2, 0) is 4.79 Å². The maximum atomic E-state index is 12.7. The highest BCUT2D eigenvalue weighted by Crippen LogP contribution is 2.22. The Morgan fingerprint density at radius 1 is 0.900 bits per heavy atom. The molecule has 2 aromatic heterocycles. The van der Waals surface area contributed by atoms with Gasteiger partial charge < -0.3 is 10.6 Å². The van der Waals surface area contributed by atoms with Gasteiger partial charge in [-0.1, -0.05) is 24.3 Å². The second-order valence-corrected chi connectivity index (χ2v) is 7.66. The average Bonchev–Trinajstić information content (AvgIpc) is 3.31. The Hall–Kier alpha value is -3.71. The van der Waals surface area contributed by atoms with Gasteiger partial charge in [0.1, 0.15) is 11.7 Å². The molecule has 4 aromatic rings. The fourth-order valence-electron chi connectivity index (χ4n) is 2.94. The van der Waals surface area contributed by atoms with Gasteiger partial charge in [-0.2, -0.15) is 5.10 Å². The molecule has 0 aliphatic heterocycles. The highest BCUT2D eigenvalue weighted by molar-refractivity contribution is 7.13. The third-order valence-electron chi connectivity index (χ3n) is 4.56. The molecule has 2 heterocycles. The van der Waals surface area contributed by atoms with Gasteiger partial charge in [-0.15, -0.1) is 11.3 Å². The topological polar surface area (TPSA) is 76.0 Å². The lowest BCUT2D eigenvalue weighted by Crippen LogP contribution is -2.33. The van der Waals surface area contributed by atoms with Crippen LogP contribution in [0, 0.1) is 0 Å². The highest BCUT2D eigenvalue weighted by atomic mass is 32.1. The Bertz CT molecular complexity index is 1190. The molecule has 150 valence electrons. The first-order valence-corrected chi connectivity index (χ1v) is 10.3. The molecule has 1 unspecified atom stereocenters. The van der Waals surface area contributed by atoms with Crippen molar-refractivity contribution in [1.82, 2.24) is 9.78 Å². The number of amides is 1. The number of hydrogen-bond acceptors (Lipinski definition) is 5. The van der Waals surface area contributed by atoms with Gasteiger partial charge in [0.25, 0.3) is 5.56 Å². The zero-order valence-electron chi connectivity index (χ0n) is 16.3. The predicted octanol–water partition coefficient (Wildman–Crippen LogP) is 4.92. The van der Waals surface area contributed by atoms with E-state index in [0.717, 1.165) is 16.3 Å². The molecule has 0 spiro atoms. The number of anilines is 3. The molecule has 0 aliphatic carbocycles. The fourth-order valence-corrected chi connectivity index (χ4v) is 3.63. The van der Waals surface area contributed by atoms with E-state index in [1.807, 2.05) is 72.1 Å². The number of nitrogens with zero attached hydrogens (tertiary/aromatic N) is 2. The largest absolute Gasteiger partial charge is 0.356 e. The minimum Gasteiger partial charge on any atom is -0.356 e. The lowest BCUT2D eigenvalue weighted by Gasteiger charge is -2.15. The van der Waals surface area contributed by atoms with E-state index >= 15 is 0 Å². The van der Waals surface area contributed by atoms with E-state index in [2.05, 4.69) is 15.7 Å². The first kappa shape index (κ1) is 19.6. The molecule has 0 fully saturated rings. The lowest BCUT2D eigenvalue weighted by atomic mass is 10.2. The number of hydrogen-bond donors (Lipinski definition) is 2. The number of benzene rings is 2. The van der Waals surface area contributed by atoms with Gasteiger partial charge in [-0.25, -0.2) is 4.68 Å². The monoisotopic (exact) mass is 416 g/mol. The summed E-state index contributed by atoms with van der Waals surface area (Å²) < 4.78 is 1.22. The van der Waals surface area contributed by atoms with Crippen molar-refractivity contribution in [2.45, 2.75) is 13.0 Å². The summed E-state index contributed by atoms with van der Waals surface area (Å²) in [5.74, 6) is -0.309. The quantitative estimate of drug-likeness (QED) is 0.468.